The van der Waals surface area contributed by atoms with Crippen molar-refractivity contribution in [3.8, 4) is 5.75 Å². The summed E-state index contributed by atoms with van der Waals surface area (Å²) in [6.07, 6.45) is 6.41. The van der Waals surface area contributed by atoms with Crippen molar-refractivity contribution in [1.29, 1.82) is 0 Å². The molecule has 26 heavy (non-hydrogen) atoms. The first-order valence-electron chi connectivity index (χ1n) is 10.1. The number of hydrogen-bond donors (Lipinski definition) is 1. The molecular weight excluding hydrogens is 336 g/mol. The fraction of sp³-hybridized carbons (Fsp3) is 0.478. The average molecular weight is 369 g/mol. The normalized spacial score (nSPS) is 23.0. The quantitative estimate of drug-likeness (QED) is 0.496. The molecule has 0 bridgehead atoms. The third-order valence-corrected chi connectivity index (χ3v) is 11.6. The molecule has 2 aromatic carbocycles. The summed E-state index contributed by atoms with van der Waals surface area (Å²) in [6.45, 7) is 0.892. The molecule has 0 atom stereocenters. The Morgan fingerprint density at radius 1 is 0.923 bits per heavy atom. The first-order valence-corrected chi connectivity index (χ1v) is 12.7. The largest absolute Gasteiger partial charge is 0.508 e. The number of phenols is 1. The second-order valence-corrected chi connectivity index (χ2v) is 12.5. The van der Waals surface area contributed by atoms with E-state index in [1.54, 1.807) is 12.3 Å². The second kappa shape index (κ2) is 9.38. The minimum absolute atomic E-state index is 0.369. The van der Waals surface area contributed by atoms with Gasteiger partial charge < -0.3 is 9.84 Å². The summed E-state index contributed by atoms with van der Waals surface area (Å²) < 4.78 is 5.21. The smallest absolute Gasteiger partial charge is 0.115 e. The maximum atomic E-state index is 9.54. The van der Waals surface area contributed by atoms with E-state index < -0.39 is 8.07 Å². The highest BCUT2D eigenvalue weighted by atomic mass is 28.3. The molecule has 0 unspecified atom stereocenters. The molecule has 3 heteroatoms. The van der Waals surface area contributed by atoms with Crippen molar-refractivity contribution in [3.05, 3.63) is 60.2 Å². The number of aromatic hydroxyl groups is 1. The standard InChI is InChI=1S/C23H32O2Si/c1-25-16-6-3-7-17-26(23-8-4-2-5-9-23)18-14-21(15-19-26)20-10-12-22(24)13-11-20/h2,4-5,8-13,21,24H,3,6-7,14-19H2,1H3. The van der Waals surface area contributed by atoms with Crippen LogP contribution >= 0.6 is 0 Å². The molecule has 1 fully saturated rings. The highest BCUT2D eigenvalue weighted by molar-refractivity contribution is 6.92. The average Bonchev–Trinajstić information content (AvgIpc) is 2.70. The molecule has 0 spiro atoms. The van der Waals surface area contributed by atoms with Crippen LogP contribution in [0.25, 0.3) is 0 Å². The Balaban J connectivity index is 1.67. The summed E-state index contributed by atoms with van der Waals surface area (Å²) in [5.74, 6) is 1.03. The van der Waals surface area contributed by atoms with Gasteiger partial charge in [0.2, 0.25) is 0 Å². The molecule has 1 aliphatic heterocycles. The van der Waals surface area contributed by atoms with Crippen LogP contribution in [0.5, 0.6) is 5.75 Å². The maximum Gasteiger partial charge on any atom is 0.115 e. The molecule has 1 heterocycles. The summed E-state index contributed by atoms with van der Waals surface area (Å²) in [5, 5.41) is 11.2. The Morgan fingerprint density at radius 3 is 2.27 bits per heavy atom. The van der Waals surface area contributed by atoms with Crippen molar-refractivity contribution in [2.75, 3.05) is 13.7 Å². The van der Waals surface area contributed by atoms with Crippen molar-refractivity contribution in [2.45, 2.75) is 56.2 Å². The predicted octanol–water partition coefficient (Wildman–Crippen LogP) is 5.44. The number of ether oxygens (including phenoxy) is 1. The van der Waals surface area contributed by atoms with E-state index in [0.717, 1.165) is 6.61 Å². The molecule has 0 aromatic heterocycles. The zero-order chi connectivity index (χ0) is 18.2. The van der Waals surface area contributed by atoms with E-state index in [1.165, 1.54) is 55.8 Å². The van der Waals surface area contributed by atoms with Gasteiger partial charge in [-0.1, -0.05) is 78.6 Å². The van der Waals surface area contributed by atoms with Crippen LogP contribution in [0, 0.1) is 0 Å². The molecule has 0 saturated carbocycles. The van der Waals surface area contributed by atoms with Gasteiger partial charge >= 0.3 is 0 Å². The van der Waals surface area contributed by atoms with E-state index in [9.17, 15) is 5.11 Å². The van der Waals surface area contributed by atoms with Gasteiger partial charge in [0.05, 0.1) is 8.07 Å². The van der Waals surface area contributed by atoms with Crippen molar-refractivity contribution < 1.29 is 9.84 Å². The number of benzene rings is 2. The van der Waals surface area contributed by atoms with Gasteiger partial charge in [0.25, 0.3) is 0 Å². The molecule has 2 nitrogen and oxygen atoms in total. The van der Waals surface area contributed by atoms with Crippen molar-refractivity contribution in [1.82, 2.24) is 0 Å². The molecule has 1 aliphatic rings. The van der Waals surface area contributed by atoms with E-state index in [1.807, 2.05) is 12.1 Å². The first kappa shape index (κ1) is 19.2. The van der Waals surface area contributed by atoms with Crippen molar-refractivity contribution in [2.24, 2.45) is 0 Å². The van der Waals surface area contributed by atoms with Crippen LogP contribution in [0.4, 0.5) is 0 Å². The summed E-state index contributed by atoms with van der Waals surface area (Å²) in [5.41, 5.74) is 1.40. The van der Waals surface area contributed by atoms with E-state index in [-0.39, 0.29) is 0 Å². The summed E-state index contributed by atoms with van der Waals surface area (Å²) in [6, 6.07) is 23.5. The van der Waals surface area contributed by atoms with Crippen LogP contribution in [-0.2, 0) is 4.74 Å². The van der Waals surface area contributed by atoms with Crippen LogP contribution in [0.15, 0.2) is 54.6 Å². The molecule has 0 amide bonds. The minimum Gasteiger partial charge on any atom is -0.508 e. The van der Waals surface area contributed by atoms with Gasteiger partial charge in [-0.05, 0) is 42.9 Å². The lowest BCUT2D eigenvalue weighted by atomic mass is 9.93. The lowest BCUT2D eigenvalue weighted by molar-refractivity contribution is 0.192. The van der Waals surface area contributed by atoms with Crippen LogP contribution in [0.2, 0.25) is 18.1 Å². The lowest BCUT2D eigenvalue weighted by Crippen LogP contribution is -2.49. The lowest BCUT2D eigenvalue weighted by Gasteiger charge is -2.39. The molecule has 3 rings (SSSR count). The highest BCUT2D eigenvalue weighted by Gasteiger charge is 2.38. The summed E-state index contributed by atoms with van der Waals surface area (Å²) >= 11 is 0. The number of hydrogen-bond acceptors (Lipinski definition) is 2. The highest BCUT2D eigenvalue weighted by Crippen LogP contribution is 2.41. The number of methoxy groups -OCH3 is 1. The number of unbranched alkanes of at least 4 members (excludes halogenated alkanes) is 2. The minimum atomic E-state index is -1.39. The van der Waals surface area contributed by atoms with Gasteiger partial charge in [-0.15, -0.1) is 0 Å². The first-order chi connectivity index (χ1) is 12.7. The second-order valence-electron chi connectivity index (χ2n) is 7.82. The fourth-order valence-electron chi connectivity index (χ4n) is 4.61. The molecule has 1 saturated heterocycles. The third kappa shape index (κ3) is 4.77. The van der Waals surface area contributed by atoms with Crippen LogP contribution in [0.1, 0.15) is 43.6 Å². The third-order valence-electron chi connectivity index (χ3n) is 6.20. The van der Waals surface area contributed by atoms with E-state index in [0.29, 0.717) is 11.7 Å². The molecule has 2 aromatic rings. The Hall–Kier alpha value is -1.58. The SMILES string of the molecule is COCCCCC[Si]1(c2ccccc2)CCC(c2ccc(O)cc2)CC1. The predicted molar refractivity (Wildman–Crippen MR) is 112 cm³/mol. The Bertz CT molecular complexity index is 646. The van der Waals surface area contributed by atoms with Gasteiger partial charge in [-0.25, -0.2) is 0 Å². The monoisotopic (exact) mass is 368 g/mol. The maximum absolute atomic E-state index is 9.54. The van der Waals surface area contributed by atoms with Crippen LogP contribution in [0.3, 0.4) is 0 Å². The van der Waals surface area contributed by atoms with Gasteiger partial charge in [-0.3, -0.25) is 0 Å². The fourth-order valence-corrected chi connectivity index (χ4v) is 9.86. The van der Waals surface area contributed by atoms with Crippen molar-refractivity contribution in [3.63, 3.8) is 0 Å². The Morgan fingerprint density at radius 2 is 1.62 bits per heavy atom. The summed E-state index contributed by atoms with van der Waals surface area (Å²) in [4.78, 5) is 0. The molecular formula is C23H32O2Si. The van der Waals surface area contributed by atoms with E-state index in [2.05, 4.69) is 42.5 Å². The Kier molecular flexibility index (Phi) is 6.92. The number of rotatable bonds is 8. The van der Waals surface area contributed by atoms with Gasteiger partial charge in [0.1, 0.15) is 5.75 Å². The molecule has 0 aliphatic carbocycles. The van der Waals surface area contributed by atoms with Gasteiger partial charge in [0, 0.05) is 13.7 Å². The number of phenolic OH excluding ortho intramolecular Hbond substituents is 1. The van der Waals surface area contributed by atoms with Crippen molar-refractivity contribution >= 4 is 13.3 Å². The van der Waals surface area contributed by atoms with E-state index >= 15 is 0 Å². The summed E-state index contributed by atoms with van der Waals surface area (Å²) in [7, 11) is 0.402. The van der Waals surface area contributed by atoms with Gasteiger partial charge in [0.15, 0.2) is 0 Å². The van der Waals surface area contributed by atoms with Crippen LogP contribution < -0.4 is 5.19 Å². The van der Waals surface area contributed by atoms with Gasteiger partial charge in [-0.2, -0.15) is 0 Å². The topological polar surface area (TPSA) is 29.5 Å². The molecule has 0 radical (unpaired) electrons. The molecule has 140 valence electrons. The van der Waals surface area contributed by atoms with Crippen LogP contribution in [-0.4, -0.2) is 26.9 Å². The Labute approximate surface area is 159 Å². The molecule has 1 N–H and O–H groups in total. The zero-order valence-corrected chi connectivity index (χ0v) is 17.0. The van der Waals surface area contributed by atoms with E-state index in [4.69, 9.17) is 4.74 Å². The zero-order valence-electron chi connectivity index (χ0n) is 16.0.